The molecule has 0 bridgehead atoms. The highest BCUT2D eigenvalue weighted by Crippen LogP contribution is 2.34. The number of hydrogen-bond donors (Lipinski definition) is 0. The number of aromatic nitrogens is 1. The molecule has 2 nitrogen and oxygen atoms in total. The standard InChI is InChI=1S/C16H13Br2NO/c17-11-6-7-12(14(18)9-11)16(20)13-5-1-3-10-4-2-8-19-15(10)13/h2,4,6-9,13H,1,3,5H2. The average Bonchev–Trinajstić information content (AvgIpc) is 2.46. The third kappa shape index (κ3) is 2.59. The van der Waals surface area contributed by atoms with E-state index in [9.17, 15) is 4.79 Å². The number of carbonyl (C=O) groups excluding carboxylic acids is 1. The van der Waals surface area contributed by atoms with E-state index >= 15 is 0 Å². The molecule has 0 saturated carbocycles. The second-order valence-corrected chi connectivity index (χ2v) is 6.75. The van der Waals surface area contributed by atoms with Gasteiger partial charge in [-0.3, -0.25) is 9.78 Å². The first-order valence-corrected chi connectivity index (χ1v) is 8.18. The van der Waals surface area contributed by atoms with Crippen LogP contribution in [-0.4, -0.2) is 10.8 Å². The molecule has 1 aliphatic rings. The van der Waals surface area contributed by atoms with E-state index in [1.54, 1.807) is 6.20 Å². The lowest BCUT2D eigenvalue weighted by Gasteiger charge is -2.23. The van der Waals surface area contributed by atoms with E-state index in [1.165, 1.54) is 5.56 Å². The SMILES string of the molecule is O=C(c1ccc(Br)cc1Br)C1CCCc2cccnc21. The minimum Gasteiger partial charge on any atom is -0.293 e. The van der Waals surface area contributed by atoms with Crippen LogP contribution in [0.5, 0.6) is 0 Å². The topological polar surface area (TPSA) is 30.0 Å². The summed E-state index contributed by atoms with van der Waals surface area (Å²) in [5.74, 6) is 0.0430. The Hall–Kier alpha value is -1.00. The predicted octanol–water partition coefficient (Wildman–Crippen LogP) is 4.91. The molecule has 4 heteroatoms. The molecule has 0 radical (unpaired) electrons. The van der Waals surface area contributed by atoms with E-state index in [1.807, 2.05) is 24.3 Å². The maximum absolute atomic E-state index is 12.8. The number of Topliss-reactive ketones (excluding diaryl/α,β-unsaturated/α-hetero) is 1. The molecule has 20 heavy (non-hydrogen) atoms. The van der Waals surface area contributed by atoms with Crippen LogP contribution in [0.2, 0.25) is 0 Å². The van der Waals surface area contributed by atoms with Gasteiger partial charge in [0.1, 0.15) is 0 Å². The minimum absolute atomic E-state index is 0.113. The number of halogens is 2. The number of nitrogens with zero attached hydrogens (tertiary/aromatic N) is 1. The molecule has 1 aromatic carbocycles. The van der Waals surface area contributed by atoms with Crippen molar-refractivity contribution < 1.29 is 4.79 Å². The molecule has 1 aliphatic carbocycles. The van der Waals surface area contributed by atoms with Gasteiger partial charge in [-0.2, -0.15) is 0 Å². The molecule has 1 heterocycles. The summed E-state index contributed by atoms with van der Waals surface area (Å²) in [7, 11) is 0. The predicted molar refractivity (Wildman–Crippen MR) is 86.1 cm³/mol. The van der Waals surface area contributed by atoms with Crippen LogP contribution in [0.3, 0.4) is 0 Å². The second kappa shape index (κ2) is 5.78. The van der Waals surface area contributed by atoms with Crippen molar-refractivity contribution in [1.82, 2.24) is 4.98 Å². The van der Waals surface area contributed by atoms with Crippen molar-refractivity contribution in [2.24, 2.45) is 0 Å². The van der Waals surface area contributed by atoms with E-state index in [4.69, 9.17) is 0 Å². The van der Waals surface area contributed by atoms with E-state index in [0.717, 1.165) is 39.5 Å². The van der Waals surface area contributed by atoms with Crippen molar-refractivity contribution in [3.05, 3.63) is 62.3 Å². The lowest BCUT2D eigenvalue weighted by atomic mass is 9.82. The van der Waals surface area contributed by atoms with Crippen LogP contribution in [0, 0.1) is 0 Å². The van der Waals surface area contributed by atoms with Crippen molar-refractivity contribution in [3.8, 4) is 0 Å². The first kappa shape index (κ1) is 14.0. The summed E-state index contributed by atoms with van der Waals surface area (Å²) in [6.45, 7) is 0. The molecule has 1 unspecified atom stereocenters. The van der Waals surface area contributed by atoms with E-state index < -0.39 is 0 Å². The Labute approximate surface area is 134 Å². The number of carbonyl (C=O) groups is 1. The molecular formula is C16H13Br2NO. The van der Waals surface area contributed by atoms with Crippen LogP contribution in [0.1, 0.15) is 40.4 Å². The van der Waals surface area contributed by atoms with Gasteiger partial charge in [0.25, 0.3) is 0 Å². The van der Waals surface area contributed by atoms with Crippen molar-refractivity contribution in [2.45, 2.75) is 25.2 Å². The number of fused-ring (bicyclic) bond motifs is 1. The zero-order valence-corrected chi connectivity index (χ0v) is 13.9. The lowest BCUT2D eigenvalue weighted by molar-refractivity contribution is 0.0948. The summed E-state index contributed by atoms with van der Waals surface area (Å²) < 4.78 is 1.79. The third-order valence-corrected chi connectivity index (χ3v) is 4.86. The molecule has 102 valence electrons. The summed E-state index contributed by atoms with van der Waals surface area (Å²) in [4.78, 5) is 17.3. The van der Waals surface area contributed by atoms with Crippen LogP contribution in [0.25, 0.3) is 0 Å². The number of pyridine rings is 1. The van der Waals surface area contributed by atoms with E-state index in [0.29, 0.717) is 0 Å². The molecule has 0 spiro atoms. The van der Waals surface area contributed by atoms with Crippen LogP contribution in [-0.2, 0) is 6.42 Å². The summed E-state index contributed by atoms with van der Waals surface area (Å²) in [6, 6.07) is 9.71. The molecule has 2 aromatic rings. The summed E-state index contributed by atoms with van der Waals surface area (Å²) in [6.07, 6.45) is 4.73. The first-order valence-electron chi connectivity index (χ1n) is 6.60. The van der Waals surface area contributed by atoms with Crippen LogP contribution in [0.15, 0.2) is 45.5 Å². The number of aryl methyl sites for hydroxylation is 1. The molecular weight excluding hydrogens is 382 g/mol. The molecule has 0 amide bonds. The molecule has 0 saturated heterocycles. The fourth-order valence-corrected chi connectivity index (χ4v) is 3.98. The largest absolute Gasteiger partial charge is 0.293 e. The number of ketones is 1. The molecule has 1 atom stereocenters. The van der Waals surface area contributed by atoms with Gasteiger partial charge in [-0.05, 0) is 49.1 Å². The minimum atomic E-state index is -0.113. The van der Waals surface area contributed by atoms with Gasteiger partial charge in [-0.1, -0.05) is 37.9 Å². The molecule has 3 rings (SSSR count). The van der Waals surface area contributed by atoms with Gasteiger partial charge in [0, 0.05) is 20.7 Å². The maximum Gasteiger partial charge on any atom is 0.173 e. The highest BCUT2D eigenvalue weighted by molar-refractivity contribution is 9.11. The Morgan fingerprint density at radius 2 is 2.10 bits per heavy atom. The zero-order chi connectivity index (χ0) is 14.1. The van der Waals surface area contributed by atoms with Gasteiger partial charge in [-0.25, -0.2) is 0 Å². The van der Waals surface area contributed by atoms with E-state index in [-0.39, 0.29) is 11.7 Å². The van der Waals surface area contributed by atoms with Gasteiger partial charge < -0.3 is 0 Å². The Kier molecular flexibility index (Phi) is 4.03. The Morgan fingerprint density at radius 3 is 2.90 bits per heavy atom. The van der Waals surface area contributed by atoms with Crippen molar-refractivity contribution in [2.75, 3.05) is 0 Å². The number of benzene rings is 1. The second-order valence-electron chi connectivity index (χ2n) is 4.98. The smallest absolute Gasteiger partial charge is 0.173 e. The van der Waals surface area contributed by atoms with Crippen LogP contribution in [0.4, 0.5) is 0 Å². The first-order chi connectivity index (χ1) is 9.66. The molecule has 0 fully saturated rings. The number of hydrogen-bond acceptors (Lipinski definition) is 2. The van der Waals surface area contributed by atoms with Gasteiger partial charge in [-0.15, -0.1) is 0 Å². The molecule has 0 N–H and O–H groups in total. The molecule has 1 aromatic heterocycles. The van der Waals surface area contributed by atoms with Gasteiger partial charge in [0.15, 0.2) is 5.78 Å². The summed E-state index contributed by atoms with van der Waals surface area (Å²) >= 11 is 6.90. The van der Waals surface area contributed by atoms with Crippen LogP contribution >= 0.6 is 31.9 Å². The fraction of sp³-hybridized carbons (Fsp3) is 0.250. The van der Waals surface area contributed by atoms with Gasteiger partial charge in [0.05, 0.1) is 11.6 Å². The average molecular weight is 395 g/mol. The normalized spacial score (nSPS) is 17.6. The molecule has 0 aliphatic heterocycles. The van der Waals surface area contributed by atoms with Gasteiger partial charge in [0.2, 0.25) is 0 Å². The highest BCUT2D eigenvalue weighted by atomic mass is 79.9. The third-order valence-electron chi connectivity index (χ3n) is 3.71. The van der Waals surface area contributed by atoms with Crippen molar-refractivity contribution in [3.63, 3.8) is 0 Å². The van der Waals surface area contributed by atoms with Gasteiger partial charge >= 0.3 is 0 Å². The fourth-order valence-electron chi connectivity index (χ4n) is 2.74. The monoisotopic (exact) mass is 393 g/mol. The summed E-state index contributed by atoms with van der Waals surface area (Å²) in [5.41, 5.74) is 2.90. The van der Waals surface area contributed by atoms with Crippen molar-refractivity contribution >= 4 is 37.6 Å². The summed E-state index contributed by atoms with van der Waals surface area (Å²) in [5, 5.41) is 0. The lowest BCUT2D eigenvalue weighted by Crippen LogP contribution is -2.20. The highest BCUT2D eigenvalue weighted by Gasteiger charge is 2.29. The van der Waals surface area contributed by atoms with E-state index in [2.05, 4.69) is 42.9 Å². The quantitative estimate of drug-likeness (QED) is 0.677. The maximum atomic E-state index is 12.8. The van der Waals surface area contributed by atoms with Crippen LogP contribution < -0.4 is 0 Å². The Balaban J connectivity index is 2.00. The Bertz CT molecular complexity index is 669. The zero-order valence-electron chi connectivity index (χ0n) is 10.8. The van der Waals surface area contributed by atoms with Crippen molar-refractivity contribution in [1.29, 1.82) is 0 Å². The number of rotatable bonds is 2. The Morgan fingerprint density at radius 1 is 1.25 bits per heavy atom.